The van der Waals surface area contributed by atoms with Crippen LogP contribution >= 0.6 is 0 Å². The molecule has 4 aromatic heterocycles. The lowest BCUT2D eigenvalue weighted by atomic mass is 9.97. The van der Waals surface area contributed by atoms with E-state index in [1.165, 1.54) is 18.5 Å². The molecule has 0 spiro atoms. The number of nitrogens with zero attached hydrogens (tertiary/aromatic N) is 7. The van der Waals surface area contributed by atoms with Crippen LogP contribution in [0.5, 0.6) is 0 Å². The smallest absolute Gasteiger partial charge is 0.378 e. The molecule has 0 atom stereocenters. The first-order valence-electron chi connectivity index (χ1n) is 13.3. The average Bonchev–Trinajstić information content (AvgIpc) is 3.52. The van der Waals surface area contributed by atoms with Gasteiger partial charge in [0.2, 0.25) is 0 Å². The van der Waals surface area contributed by atoms with E-state index in [0.29, 0.717) is 41.4 Å². The number of carbonyl (C=O) groups excluding carboxylic acids is 1. The molecule has 2 N–H and O–H groups in total. The van der Waals surface area contributed by atoms with Crippen LogP contribution in [-0.2, 0) is 16.8 Å². The molecule has 1 saturated heterocycles. The second-order valence-corrected chi connectivity index (χ2v) is 10.9. The minimum Gasteiger partial charge on any atom is -0.378 e. The van der Waals surface area contributed by atoms with Crippen LogP contribution in [0.15, 0.2) is 42.9 Å². The van der Waals surface area contributed by atoms with Gasteiger partial charge in [-0.1, -0.05) is 6.07 Å². The molecule has 2 fully saturated rings. The summed E-state index contributed by atoms with van der Waals surface area (Å²) in [7, 11) is 1.60. The van der Waals surface area contributed by atoms with E-state index in [1.54, 1.807) is 18.2 Å². The highest BCUT2D eigenvalue weighted by Crippen LogP contribution is 2.39. The van der Waals surface area contributed by atoms with Crippen molar-refractivity contribution in [3.05, 3.63) is 48.5 Å². The Bertz CT molecular complexity index is 1560. The summed E-state index contributed by atoms with van der Waals surface area (Å²) in [4.78, 5) is 26.3. The molecule has 1 aliphatic carbocycles. The lowest BCUT2D eigenvalue weighted by Gasteiger charge is -2.38. The number of amides is 2. The fourth-order valence-electron chi connectivity index (χ4n) is 5.28. The van der Waals surface area contributed by atoms with Crippen molar-refractivity contribution in [2.75, 3.05) is 30.4 Å². The van der Waals surface area contributed by atoms with E-state index in [9.17, 15) is 18.0 Å². The molecule has 2 amide bonds. The van der Waals surface area contributed by atoms with Gasteiger partial charge in [-0.05, 0) is 44.9 Å². The average molecular weight is 570 g/mol. The van der Waals surface area contributed by atoms with Crippen LogP contribution in [0.3, 0.4) is 0 Å². The minimum absolute atomic E-state index is 0.000865. The summed E-state index contributed by atoms with van der Waals surface area (Å²) in [5, 5.41) is 14.7. The van der Waals surface area contributed by atoms with Crippen molar-refractivity contribution < 1.29 is 22.7 Å². The number of pyridine rings is 2. The molecule has 0 radical (unpaired) electrons. The van der Waals surface area contributed by atoms with Gasteiger partial charge in [0.25, 0.3) is 0 Å². The number of ether oxygens (including phenoxy) is 1. The molecule has 0 bridgehead atoms. The zero-order chi connectivity index (χ0) is 28.9. The fraction of sp³-hybridized carbons (Fsp3) is 0.444. The van der Waals surface area contributed by atoms with Gasteiger partial charge < -0.3 is 19.9 Å². The maximum atomic E-state index is 13.7. The van der Waals surface area contributed by atoms with Crippen molar-refractivity contribution in [3.63, 3.8) is 0 Å². The highest BCUT2D eigenvalue weighted by molar-refractivity contribution is 5.96. The molecule has 0 unspecified atom stereocenters. The summed E-state index contributed by atoms with van der Waals surface area (Å²) in [6, 6.07) is 6.86. The van der Waals surface area contributed by atoms with E-state index >= 15 is 0 Å². The lowest BCUT2D eigenvalue weighted by molar-refractivity contribution is -0.141. The molecule has 5 heterocycles. The van der Waals surface area contributed by atoms with E-state index in [-0.39, 0.29) is 23.7 Å². The number of anilines is 2. The molecule has 216 valence electrons. The third-order valence-electron chi connectivity index (χ3n) is 7.59. The number of hydrogen-bond acceptors (Lipinski definition) is 7. The van der Waals surface area contributed by atoms with Crippen LogP contribution in [-0.4, -0.2) is 79.4 Å². The maximum Gasteiger partial charge on any atom is 0.408 e. The molecular formula is C27H30F3N9O2. The summed E-state index contributed by atoms with van der Waals surface area (Å²) in [6.07, 6.45) is 1.96. The largest absolute Gasteiger partial charge is 0.408 e. The van der Waals surface area contributed by atoms with Crippen LogP contribution in [0.4, 0.5) is 29.5 Å². The first-order chi connectivity index (χ1) is 19.5. The van der Waals surface area contributed by atoms with E-state index in [4.69, 9.17) is 4.74 Å². The van der Waals surface area contributed by atoms with E-state index < -0.39 is 18.3 Å². The Morgan fingerprint density at radius 1 is 1.20 bits per heavy atom. The SMILES string of the molecule is COC1CN(c2nn(CC(F)(F)F)c3cc(-c4[nH]ncc4NC(=O)N(C4CC4)C(C)(C)c4ccccn4)ncc23)C1. The highest BCUT2D eigenvalue weighted by atomic mass is 19.4. The number of rotatable bonds is 8. The Morgan fingerprint density at radius 2 is 1.98 bits per heavy atom. The quantitative estimate of drug-likeness (QED) is 0.320. The second-order valence-electron chi connectivity index (χ2n) is 10.9. The molecule has 4 aromatic rings. The van der Waals surface area contributed by atoms with Crippen molar-refractivity contribution in [2.24, 2.45) is 0 Å². The number of alkyl halides is 3. The molecular weight excluding hydrogens is 539 g/mol. The normalized spacial score (nSPS) is 16.2. The number of aromatic amines is 1. The Kier molecular flexibility index (Phi) is 6.59. The monoisotopic (exact) mass is 569 g/mol. The Labute approximate surface area is 233 Å². The van der Waals surface area contributed by atoms with Crippen molar-refractivity contribution in [3.8, 4) is 11.4 Å². The van der Waals surface area contributed by atoms with Crippen molar-refractivity contribution >= 4 is 28.4 Å². The molecule has 0 aromatic carbocycles. The van der Waals surface area contributed by atoms with Gasteiger partial charge in [0, 0.05) is 38.6 Å². The summed E-state index contributed by atoms with van der Waals surface area (Å²) in [5.74, 6) is 0.423. The Balaban J connectivity index is 1.31. The van der Waals surface area contributed by atoms with Crippen LogP contribution in [0, 0.1) is 0 Å². The zero-order valence-corrected chi connectivity index (χ0v) is 22.8. The molecule has 1 saturated carbocycles. The first-order valence-corrected chi connectivity index (χ1v) is 13.3. The summed E-state index contributed by atoms with van der Waals surface area (Å²) >= 11 is 0. The molecule has 6 rings (SSSR count). The van der Waals surface area contributed by atoms with E-state index in [2.05, 4.69) is 30.6 Å². The molecule has 2 aliphatic rings. The maximum absolute atomic E-state index is 13.7. The Hall–Kier alpha value is -4.20. The number of aromatic nitrogens is 6. The van der Waals surface area contributed by atoms with Crippen LogP contribution in [0.1, 0.15) is 32.4 Å². The summed E-state index contributed by atoms with van der Waals surface area (Å²) in [5.41, 5.74) is 1.39. The number of H-pyrrole nitrogens is 1. The molecule has 11 nitrogen and oxygen atoms in total. The van der Waals surface area contributed by atoms with Gasteiger partial charge >= 0.3 is 12.2 Å². The molecule has 41 heavy (non-hydrogen) atoms. The van der Waals surface area contributed by atoms with Gasteiger partial charge in [0.1, 0.15) is 12.2 Å². The van der Waals surface area contributed by atoms with Crippen molar-refractivity contribution in [1.29, 1.82) is 0 Å². The van der Waals surface area contributed by atoms with E-state index in [0.717, 1.165) is 23.2 Å². The second kappa shape index (κ2) is 10.0. The van der Waals surface area contributed by atoms with Gasteiger partial charge in [-0.25, -0.2) is 4.79 Å². The van der Waals surface area contributed by atoms with Crippen molar-refractivity contribution in [1.82, 2.24) is 34.8 Å². The lowest BCUT2D eigenvalue weighted by Crippen LogP contribution is -2.52. The third kappa shape index (κ3) is 5.19. The highest BCUT2D eigenvalue weighted by Gasteiger charge is 2.43. The van der Waals surface area contributed by atoms with E-state index in [1.807, 2.05) is 36.9 Å². The number of nitrogens with one attached hydrogen (secondary N) is 2. The van der Waals surface area contributed by atoms with Crippen LogP contribution < -0.4 is 10.2 Å². The Morgan fingerprint density at radius 3 is 2.63 bits per heavy atom. The van der Waals surface area contributed by atoms with Gasteiger partial charge in [-0.15, -0.1) is 0 Å². The predicted molar refractivity (Wildman–Crippen MR) is 145 cm³/mol. The minimum atomic E-state index is -4.47. The number of hydrogen-bond donors (Lipinski definition) is 2. The number of urea groups is 1. The zero-order valence-electron chi connectivity index (χ0n) is 22.8. The number of halogens is 3. The standard InChI is InChI=1S/C27H30F3N9O2/c1-26(2,22-6-4-5-9-31-22)39(16-7-8-16)25(40)34-20-12-33-35-23(20)19-10-21-18(11-32-19)24(37-13-17(14-37)41-3)36-38(21)15-27(28,29)30/h4-6,9-12,16-17H,7-8,13-15H2,1-3H3,(H,33,35)(H,34,40). The topological polar surface area (TPSA) is 117 Å². The summed E-state index contributed by atoms with van der Waals surface area (Å²) < 4.78 is 46.6. The predicted octanol–water partition coefficient (Wildman–Crippen LogP) is 4.55. The number of fused-ring (bicyclic) bond motifs is 1. The van der Waals surface area contributed by atoms with Gasteiger partial charge in [0.15, 0.2) is 5.82 Å². The summed E-state index contributed by atoms with van der Waals surface area (Å²) in [6.45, 7) is 3.70. The van der Waals surface area contributed by atoms with Crippen molar-refractivity contribution in [2.45, 2.75) is 57.1 Å². The van der Waals surface area contributed by atoms with Crippen LogP contribution in [0.25, 0.3) is 22.3 Å². The van der Waals surface area contributed by atoms with Gasteiger partial charge in [0.05, 0.1) is 45.8 Å². The molecule has 14 heteroatoms. The molecule has 1 aliphatic heterocycles. The first kappa shape index (κ1) is 27.0. The number of carbonyl (C=O) groups is 1. The van der Waals surface area contributed by atoms with Crippen LogP contribution in [0.2, 0.25) is 0 Å². The fourth-order valence-corrected chi connectivity index (χ4v) is 5.28. The van der Waals surface area contributed by atoms with Gasteiger partial charge in [-0.3, -0.25) is 19.7 Å². The van der Waals surface area contributed by atoms with Gasteiger partial charge in [-0.2, -0.15) is 23.4 Å². The number of methoxy groups -OCH3 is 1. The third-order valence-corrected chi connectivity index (χ3v) is 7.59.